The number of furan rings is 1. The van der Waals surface area contributed by atoms with Crippen molar-refractivity contribution in [1.29, 1.82) is 0 Å². The first-order chi connectivity index (χ1) is 21.6. The molecule has 7 aromatic rings. The van der Waals surface area contributed by atoms with Crippen LogP contribution in [0.15, 0.2) is 128 Å². The van der Waals surface area contributed by atoms with Crippen LogP contribution in [0.4, 0.5) is 0 Å². The van der Waals surface area contributed by atoms with Crippen LogP contribution in [-0.2, 0) is 6.61 Å². The number of hydrogen-bond donors (Lipinski definition) is 0. The first-order valence-electron chi connectivity index (χ1n) is 14.2. The normalized spacial score (nSPS) is 11.6. The summed E-state index contributed by atoms with van der Waals surface area (Å²) < 4.78 is 20.4. The van der Waals surface area contributed by atoms with Gasteiger partial charge in [0.15, 0.2) is 17.3 Å². The van der Waals surface area contributed by atoms with Crippen molar-refractivity contribution >= 4 is 54.8 Å². The van der Waals surface area contributed by atoms with Crippen LogP contribution in [0, 0.1) is 0 Å². The van der Waals surface area contributed by atoms with Crippen molar-refractivity contribution in [2.75, 3.05) is 6.61 Å². The number of benzene rings is 5. The third-order valence-corrected chi connectivity index (χ3v) is 7.89. The molecule has 216 valence electrons. The molecule has 0 saturated heterocycles. The highest BCUT2D eigenvalue weighted by molar-refractivity contribution is 9.10. The number of halogens is 1. The zero-order chi connectivity index (χ0) is 30.0. The van der Waals surface area contributed by atoms with E-state index in [4.69, 9.17) is 18.9 Å². The third kappa shape index (κ3) is 5.24. The molecule has 0 aliphatic rings. The van der Waals surface area contributed by atoms with Gasteiger partial charge in [-0.3, -0.25) is 4.79 Å². The maximum atomic E-state index is 13.7. The van der Waals surface area contributed by atoms with Gasteiger partial charge >= 0.3 is 0 Å². The molecule has 8 heteroatoms. The van der Waals surface area contributed by atoms with Gasteiger partial charge in [-0.2, -0.15) is 9.78 Å². The van der Waals surface area contributed by atoms with E-state index >= 15 is 0 Å². The fourth-order valence-corrected chi connectivity index (χ4v) is 5.81. The minimum absolute atomic E-state index is 0.304. The predicted octanol–water partition coefficient (Wildman–Crippen LogP) is 8.59. The van der Waals surface area contributed by atoms with Crippen molar-refractivity contribution in [3.8, 4) is 23.1 Å². The summed E-state index contributed by atoms with van der Waals surface area (Å²) in [6, 6.07) is 34.9. The molecular formula is C36H26BrN3O4. The number of para-hydroxylation sites is 2. The average molecular weight is 645 g/mol. The summed E-state index contributed by atoms with van der Waals surface area (Å²) in [5.74, 6) is 1.90. The fourth-order valence-electron chi connectivity index (χ4n) is 5.24. The van der Waals surface area contributed by atoms with Gasteiger partial charge in [0.2, 0.25) is 5.82 Å². The molecule has 0 N–H and O–H groups in total. The molecule has 0 amide bonds. The van der Waals surface area contributed by atoms with Crippen molar-refractivity contribution in [3.05, 3.63) is 135 Å². The van der Waals surface area contributed by atoms with Gasteiger partial charge in [-0.05, 0) is 81.2 Å². The Bertz CT molecular complexity index is 2220. The minimum Gasteiger partial charge on any atom is -0.490 e. The van der Waals surface area contributed by atoms with Crippen LogP contribution in [0.1, 0.15) is 18.1 Å². The molecule has 0 atom stereocenters. The van der Waals surface area contributed by atoms with Crippen LogP contribution in [-0.4, -0.2) is 22.5 Å². The summed E-state index contributed by atoms with van der Waals surface area (Å²) in [5.41, 5.74) is 2.73. The monoisotopic (exact) mass is 643 g/mol. The maximum Gasteiger partial charge on any atom is 0.282 e. The number of fused-ring (bicyclic) bond motifs is 3. The number of ether oxygens (including phenoxy) is 2. The van der Waals surface area contributed by atoms with E-state index in [1.165, 1.54) is 4.68 Å². The van der Waals surface area contributed by atoms with Gasteiger partial charge in [0.1, 0.15) is 12.2 Å². The molecule has 7 rings (SSSR count). The molecule has 0 radical (unpaired) electrons. The SMILES string of the molecule is CCOc1cc(C=Nn2c(-c3cc4ccccc4o3)nc3ccccc3c2=O)cc(Br)c1OCc1cccc2ccccc12. The lowest BCUT2D eigenvalue weighted by molar-refractivity contribution is 0.268. The molecule has 5 aromatic carbocycles. The number of rotatable bonds is 8. The zero-order valence-corrected chi connectivity index (χ0v) is 25.3. The maximum absolute atomic E-state index is 13.7. The van der Waals surface area contributed by atoms with Gasteiger partial charge in [0, 0.05) is 5.39 Å². The Balaban J connectivity index is 1.26. The average Bonchev–Trinajstić information content (AvgIpc) is 3.48. The number of aromatic nitrogens is 2. The van der Waals surface area contributed by atoms with Gasteiger partial charge in [-0.15, -0.1) is 0 Å². The zero-order valence-electron chi connectivity index (χ0n) is 23.7. The Morgan fingerprint density at radius 3 is 2.45 bits per heavy atom. The second-order valence-electron chi connectivity index (χ2n) is 10.2. The van der Waals surface area contributed by atoms with Crippen LogP contribution in [0.2, 0.25) is 0 Å². The highest BCUT2D eigenvalue weighted by Crippen LogP contribution is 2.37. The third-order valence-electron chi connectivity index (χ3n) is 7.31. The molecule has 44 heavy (non-hydrogen) atoms. The molecule has 0 unspecified atom stereocenters. The molecule has 2 heterocycles. The smallest absolute Gasteiger partial charge is 0.282 e. The van der Waals surface area contributed by atoms with E-state index in [1.54, 1.807) is 18.3 Å². The number of hydrogen-bond acceptors (Lipinski definition) is 6. The van der Waals surface area contributed by atoms with Crippen LogP contribution in [0.3, 0.4) is 0 Å². The van der Waals surface area contributed by atoms with Crippen LogP contribution in [0.5, 0.6) is 11.5 Å². The van der Waals surface area contributed by atoms with Crippen LogP contribution < -0.4 is 15.0 Å². The van der Waals surface area contributed by atoms with Gasteiger partial charge in [-0.1, -0.05) is 72.8 Å². The van der Waals surface area contributed by atoms with Crippen LogP contribution >= 0.6 is 15.9 Å². The minimum atomic E-state index is -0.304. The quantitative estimate of drug-likeness (QED) is 0.155. The summed E-state index contributed by atoms with van der Waals surface area (Å²) in [6.07, 6.45) is 1.60. The van der Waals surface area contributed by atoms with Crippen molar-refractivity contribution in [3.63, 3.8) is 0 Å². The van der Waals surface area contributed by atoms with E-state index in [-0.39, 0.29) is 5.56 Å². The van der Waals surface area contributed by atoms with E-state index in [9.17, 15) is 4.79 Å². The van der Waals surface area contributed by atoms with Crippen LogP contribution in [0.25, 0.3) is 44.2 Å². The van der Waals surface area contributed by atoms with Crippen molar-refractivity contribution < 1.29 is 13.9 Å². The van der Waals surface area contributed by atoms with E-state index in [1.807, 2.05) is 79.7 Å². The van der Waals surface area contributed by atoms with Crippen molar-refractivity contribution in [1.82, 2.24) is 9.66 Å². The molecule has 7 nitrogen and oxygen atoms in total. The summed E-state index contributed by atoms with van der Waals surface area (Å²) in [6.45, 7) is 2.73. The largest absolute Gasteiger partial charge is 0.490 e. The van der Waals surface area contributed by atoms with Gasteiger partial charge in [0.25, 0.3) is 5.56 Å². The molecule has 0 bridgehead atoms. The highest BCUT2D eigenvalue weighted by Gasteiger charge is 2.17. The second kappa shape index (κ2) is 11.8. The van der Waals surface area contributed by atoms with Gasteiger partial charge in [-0.25, -0.2) is 4.98 Å². The first-order valence-corrected chi connectivity index (χ1v) is 15.0. The van der Waals surface area contributed by atoms with E-state index < -0.39 is 0 Å². The van der Waals surface area contributed by atoms with Crippen molar-refractivity contribution in [2.24, 2.45) is 5.10 Å². The molecule has 0 spiro atoms. The predicted molar refractivity (Wildman–Crippen MR) is 178 cm³/mol. The summed E-state index contributed by atoms with van der Waals surface area (Å²) in [4.78, 5) is 18.4. The molecule has 0 aliphatic heterocycles. The fraction of sp³-hybridized carbons (Fsp3) is 0.0833. The Labute approximate surface area is 261 Å². The van der Waals surface area contributed by atoms with E-state index in [0.717, 1.165) is 21.7 Å². The van der Waals surface area contributed by atoms with E-state index in [0.29, 0.717) is 62.8 Å². The van der Waals surface area contributed by atoms with Gasteiger partial charge < -0.3 is 13.9 Å². The second-order valence-corrected chi connectivity index (χ2v) is 11.0. The Morgan fingerprint density at radius 2 is 1.61 bits per heavy atom. The molecule has 0 fully saturated rings. The highest BCUT2D eigenvalue weighted by atomic mass is 79.9. The van der Waals surface area contributed by atoms with Gasteiger partial charge in [0.05, 0.1) is 28.2 Å². The molecular weight excluding hydrogens is 618 g/mol. The van der Waals surface area contributed by atoms with Crippen molar-refractivity contribution in [2.45, 2.75) is 13.5 Å². The van der Waals surface area contributed by atoms with E-state index in [2.05, 4.69) is 45.3 Å². The lowest BCUT2D eigenvalue weighted by atomic mass is 10.1. The summed E-state index contributed by atoms with van der Waals surface area (Å²) >= 11 is 3.67. The Hall–Kier alpha value is -5.21. The molecule has 2 aromatic heterocycles. The first kappa shape index (κ1) is 27.6. The summed E-state index contributed by atoms with van der Waals surface area (Å²) in [5, 5.41) is 8.27. The topological polar surface area (TPSA) is 78.9 Å². The lowest BCUT2D eigenvalue weighted by Gasteiger charge is -2.15. The Kier molecular flexibility index (Phi) is 7.42. The standard InChI is InChI=1S/C36H26BrN3O4/c1-2-42-32-19-23(18-29(37)34(32)43-22-26-13-9-12-24-10-3-5-14-27(24)26)21-38-40-35(33-20-25-11-4-8-17-31(25)44-33)39-30-16-7-6-15-28(30)36(40)41/h3-21H,2,22H2,1H3. The number of nitrogens with zero attached hydrogens (tertiary/aromatic N) is 3. The molecule has 0 aliphatic carbocycles. The Morgan fingerprint density at radius 1 is 0.864 bits per heavy atom. The summed E-state index contributed by atoms with van der Waals surface area (Å²) in [7, 11) is 0. The lowest BCUT2D eigenvalue weighted by Crippen LogP contribution is -2.20. The molecule has 0 saturated carbocycles.